The van der Waals surface area contributed by atoms with Gasteiger partial charge in [-0.15, -0.1) is 0 Å². The van der Waals surface area contributed by atoms with E-state index in [-0.39, 0.29) is 19.2 Å². The fourth-order valence-corrected chi connectivity index (χ4v) is 2.56. The van der Waals surface area contributed by atoms with Crippen molar-refractivity contribution < 1.29 is 14.6 Å². The number of nitrogens with zero attached hydrogens (tertiary/aromatic N) is 1. The van der Waals surface area contributed by atoms with Crippen molar-refractivity contribution in [2.45, 2.75) is 6.54 Å². The third-order valence-corrected chi connectivity index (χ3v) is 4.10. The number of amides is 2. The van der Waals surface area contributed by atoms with E-state index in [1.807, 2.05) is 36.4 Å². The predicted octanol–water partition coefficient (Wildman–Crippen LogP) is 3.48. The van der Waals surface area contributed by atoms with Gasteiger partial charge in [0.05, 0.1) is 19.4 Å². The van der Waals surface area contributed by atoms with Crippen LogP contribution in [-0.4, -0.2) is 36.3 Å². The van der Waals surface area contributed by atoms with Gasteiger partial charge in [-0.05, 0) is 23.8 Å². The summed E-state index contributed by atoms with van der Waals surface area (Å²) in [6.45, 7) is 0.523. The van der Waals surface area contributed by atoms with Crippen molar-refractivity contribution in [1.82, 2.24) is 4.90 Å². The van der Waals surface area contributed by atoms with Crippen molar-refractivity contribution >= 4 is 27.6 Å². The molecule has 2 N–H and O–H groups in total. The summed E-state index contributed by atoms with van der Waals surface area (Å²) in [5.41, 5.74) is 1.56. The SMILES string of the molecule is COc1ccccc1NC(=O)N(CCO)Cc1ccccc1Br. The number of halogens is 1. The van der Waals surface area contributed by atoms with Crippen molar-refractivity contribution in [1.29, 1.82) is 0 Å². The Morgan fingerprint density at radius 2 is 1.91 bits per heavy atom. The lowest BCUT2D eigenvalue weighted by Gasteiger charge is -2.23. The van der Waals surface area contributed by atoms with Crippen LogP contribution in [0.2, 0.25) is 0 Å². The molecule has 0 bridgehead atoms. The highest BCUT2D eigenvalue weighted by Gasteiger charge is 2.16. The van der Waals surface area contributed by atoms with Gasteiger partial charge < -0.3 is 20.1 Å². The molecule has 2 rings (SSSR count). The maximum absolute atomic E-state index is 12.5. The summed E-state index contributed by atoms with van der Waals surface area (Å²) in [5, 5.41) is 12.1. The molecule has 2 aromatic rings. The number of rotatable bonds is 6. The summed E-state index contributed by atoms with van der Waals surface area (Å²) < 4.78 is 6.16. The smallest absolute Gasteiger partial charge is 0.322 e. The van der Waals surface area contributed by atoms with E-state index in [1.54, 1.807) is 24.1 Å². The van der Waals surface area contributed by atoms with Gasteiger partial charge in [-0.3, -0.25) is 0 Å². The van der Waals surface area contributed by atoms with Crippen LogP contribution in [0.3, 0.4) is 0 Å². The molecule has 0 saturated carbocycles. The summed E-state index contributed by atoms with van der Waals surface area (Å²) in [5.74, 6) is 0.589. The molecular weight excluding hydrogens is 360 g/mol. The van der Waals surface area contributed by atoms with E-state index in [0.29, 0.717) is 18.0 Å². The molecule has 0 fully saturated rings. The lowest BCUT2D eigenvalue weighted by atomic mass is 10.2. The molecule has 0 aliphatic rings. The summed E-state index contributed by atoms with van der Waals surface area (Å²) >= 11 is 3.47. The van der Waals surface area contributed by atoms with Crippen LogP contribution in [0.25, 0.3) is 0 Å². The standard InChI is InChI=1S/C17H19BrN2O3/c1-23-16-9-5-4-8-15(16)19-17(22)20(10-11-21)12-13-6-2-3-7-14(13)18/h2-9,21H,10-12H2,1H3,(H,19,22). The summed E-state index contributed by atoms with van der Waals surface area (Å²) in [6.07, 6.45) is 0. The average molecular weight is 379 g/mol. The average Bonchev–Trinajstić information content (AvgIpc) is 2.56. The Morgan fingerprint density at radius 1 is 1.22 bits per heavy atom. The van der Waals surface area contributed by atoms with Gasteiger partial charge in [0.1, 0.15) is 5.75 Å². The number of hydrogen-bond acceptors (Lipinski definition) is 3. The third kappa shape index (κ3) is 4.71. The Bertz CT molecular complexity index is 664. The number of methoxy groups -OCH3 is 1. The number of carbonyl (C=O) groups is 1. The van der Waals surface area contributed by atoms with Crippen molar-refractivity contribution in [2.24, 2.45) is 0 Å². The molecule has 5 nitrogen and oxygen atoms in total. The van der Waals surface area contributed by atoms with Crippen molar-refractivity contribution in [3.8, 4) is 5.75 Å². The molecule has 2 aromatic carbocycles. The molecule has 2 amide bonds. The maximum atomic E-state index is 12.5. The Hall–Kier alpha value is -2.05. The van der Waals surface area contributed by atoms with Gasteiger partial charge in [0.2, 0.25) is 0 Å². The van der Waals surface area contributed by atoms with Crippen molar-refractivity contribution in [3.63, 3.8) is 0 Å². The fraction of sp³-hybridized carbons (Fsp3) is 0.235. The van der Waals surface area contributed by atoms with Crippen LogP contribution in [0.15, 0.2) is 53.0 Å². The van der Waals surface area contributed by atoms with E-state index < -0.39 is 0 Å². The summed E-state index contributed by atoms with van der Waals surface area (Å²) in [6, 6.07) is 14.6. The molecule has 0 aliphatic carbocycles. The third-order valence-electron chi connectivity index (χ3n) is 3.32. The Kier molecular flexibility index (Phi) is 6.43. The number of urea groups is 1. The second-order valence-corrected chi connectivity index (χ2v) is 5.72. The van der Waals surface area contributed by atoms with Gasteiger partial charge in [0.15, 0.2) is 0 Å². The van der Waals surface area contributed by atoms with Crippen LogP contribution in [0.4, 0.5) is 10.5 Å². The van der Waals surface area contributed by atoms with E-state index in [4.69, 9.17) is 4.74 Å². The molecule has 23 heavy (non-hydrogen) atoms. The highest BCUT2D eigenvalue weighted by atomic mass is 79.9. The molecule has 0 atom stereocenters. The minimum absolute atomic E-state index is 0.107. The number of para-hydroxylation sites is 2. The first-order valence-corrected chi connectivity index (χ1v) is 7.98. The number of aliphatic hydroxyl groups is 1. The number of aliphatic hydroxyl groups excluding tert-OH is 1. The second kappa shape index (κ2) is 8.55. The number of carbonyl (C=O) groups excluding carboxylic acids is 1. The number of ether oxygens (including phenoxy) is 1. The molecule has 0 aromatic heterocycles. The zero-order valence-electron chi connectivity index (χ0n) is 12.8. The Morgan fingerprint density at radius 3 is 2.61 bits per heavy atom. The van der Waals surface area contributed by atoms with Crippen molar-refractivity contribution in [2.75, 3.05) is 25.6 Å². The Labute approximate surface area is 144 Å². The Balaban J connectivity index is 2.14. The van der Waals surface area contributed by atoms with Crippen LogP contribution in [0, 0.1) is 0 Å². The number of anilines is 1. The van der Waals surface area contributed by atoms with Crippen LogP contribution >= 0.6 is 15.9 Å². The minimum atomic E-state index is -0.292. The van der Waals surface area contributed by atoms with Crippen LogP contribution in [-0.2, 0) is 6.54 Å². The number of nitrogens with one attached hydrogen (secondary N) is 1. The molecule has 6 heteroatoms. The zero-order valence-corrected chi connectivity index (χ0v) is 14.4. The van der Waals surface area contributed by atoms with Gasteiger partial charge in [-0.2, -0.15) is 0 Å². The number of benzene rings is 2. The van der Waals surface area contributed by atoms with E-state index in [2.05, 4.69) is 21.2 Å². The lowest BCUT2D eigenvalue weighted by Crippen LogP contribution is -2.36. The first-order valence-electron chi connectivity index (χ1n) is 7.19. The van der Waals surface area contributed by atoms with E-state index >= 15 is 0 Å². The van der Waals surface area contributed by atoms with Crippen LogP contribution in [0.1, 0.15) is 5.56 Å². The zero-order chi connectivity index (χ0) is 16.7. The van der Waals surface area contributed by atoms with Gasteiger partial charge >= 0.3 is 6.03 Å². The molecule has 0 radical (unpaired) electrons. The van der Waals surface area contributed by atoms with Crippen molar-refractivity contribution in [3.05, 3.63) is 58.6 Å². The first-order chi connectivity index (χ1) is 11.2. The van der Waals surface area contributed by atoms with Crippen LogP contribution in [0.5, 0.6) is 5.75 Å². The largest absolute Gasteiger partial charge is 0.495 e. The topological polar surface area (TPSA) is 61.8 Å². The van der Waals surface area contributed by atoms with Gasteiger partial charge in [-0.25, -0.2) is 4.79 Å². The predicted molar refractivity (Wildman–Crippen MR) is 93.7 cm³/mol. The lowest BCUT2D eigenvalue weighted by molar-refractivity contribution is 0.185. The van der Waals surface area contributed by atoms with Gasteiger partial charge in [0, 0.05) is 17.6 Å². The summed E-state index contributed by atoms with van der Waals surface area (Å²) in [7, 11) is 1.55. The van der Waals surface area contributed by atoms with E-state index in [1.165, 1.54) is 0 Å². The number of hydrogen-bond donors (Lipinski definition) is 2. The molecule has 122 valence electrons. The monoisotopic (exact) mass is 378 g/mol. The van der Waals surface area contributed by atoms with Gasteiger partial charge in [0.25, 0.3) is 0 Å². The van der Waals surface area contributed by atoms with E-state index in [9.17, 15) is 9.90 Å². The normalized spacial score (nSPS) is 10.2. The molecule has 0 saturated heterocycles. The fourth-order valence-electron chi connectivity index (χ4n) is 2.15. The quantitative estimate of drug-likeness (QED) is 0.808. The first kappa shape index (κ1) is 17.3. The molecule has 0 aliphatic heterocycles. The second-order valence-electron chi connectivity index (χ2n) is 4.87. The van der Waals surface area contributed by atoms with Crippen LogP contribution < -0.4 is 10.1 Å². The maximum Gasteiger partial charge on any atom is 0.322 e. The highest BCUT2D eigenvalue weighted by molar-refractivity contribution is 9.10. The molecule has 0 unspecified atom stereocenters. The summed E-state index contributed by atoms with van der Waals surface area (Å²) in [4.78, 5) is 14.1. The highest BCUT2D eigenvalue weighted by Crippen LogP contribution is 2.24. The minimum Gasteiger partial charge on any atom is -0.495 e. The molecule has 0 spiro atoms. The molecular formula is C17H19BrN2O3. The van der Waals surface area contributed by atoms with E-state index in [0.717, 1.165) is 10.0 Å². The molecule has 0 heterocycles. The van der Waals surface area contributed by atoms with Gasteiger partial charge in [-0.1, -0.05) is 46.3 Å².